The smallest absolute Gasteiger partial charge is 0.164 e. The monoisotopic (exact) mass is 880 g/mol. The molecule has 0 fully saturated rings. The highest BCUT2D eigenvalue weighted by molar-refractivity contribution is 6.33. The molecule has 0 saturated carbocycles. The van der Waals surface area contributed by atoms with E-state index in [4.69, 9.17) is 23.8 Å². The van der Waals surface area contributed by atoms with Crippen LogP contribution >= 0.6 is 0 Å². The van der Waals surface area contributed by atoms with Gasteiger partial charge in [-0.25, -0.2) is 15.0 Å². The molecule has 15 aromatic rings. The number of para-hydroxylation sites is 2. The third-order valence-corrected chi connectivity index (χ3v) is 14.0. The lowest BCUT2D eigenvalue weighted by molar-refractivity contribution is 0.668. The lowest BCUT2D eigenvalue weighted by Crippen LogP contribution is -2.01. The second-order valence-corrected chi connectivity index (χ2v) is 17.9. The highest BCUT2D eigenvalue weighted by Crippen LogP contribution is 2.46. The summed E-state index contributed by atoms with van der Waals surface area (Å²) in [6, 6.07) is 77.0. The minimum absolute atomic E-state index is 0.568. The molecule has 0 aliphatic heterocycles. The Morgan fingerprint density at radius 1 is 0.290 bits per heavy atom. The lowest BCUT2D eigenvalue weighted by Gasteiger charge is -2.15. The van der Waals surface area contributed by atoms with E-state index in [9.17, 15) is 0 Å². The summed E-state index contributed by atoms with van der Waals surface area (Å²) in [7, 11) is 0. The first kappa shape index (κ1) is 37.8. The predicted molar refractivity (Wildman–Crippen MR) is 283 cm³/mol. The van der Waals surface area contributed by atoms with Gasteiger partial charge in [0.15, 0.2) is 17.5 Å². The van der Waals surface area contributed by atoms with Gasteiger partial charge in [0.1, 0.15) is 22.3 Å². The van der Waals surface area contributed by atoms with Gasteiger partial charge in [-0.15, -0.1) is 0 Å². The molecule has 0 N–H and O–H groups in total. The first-order valence-electron chi connectivity index (χ1n) is 23.3. The molecule has 0 amide bonds. The SMILES string of the molecule is c1ccc(-c2nc(-c3cccc(-n4c5c(-c6ccc7oc8ccc9ccccc9c8c7c6)cccc5c5c6ccccc6c6ccccc6c54)c3)nc(-c3ccc4c(c3)oc3ccccc34)n2)cc1. The van der Waals surface area contributed by atoms with Crippen LogP contribution in [0.5, 0.6) is 0 Å². The predicted octanol–water partition coefficient (Wildman–Crippen LogP) is 16.9. The lowest BCUT2D eigenvalue weighted by atomic mass is 9.95. The fourth-order valence-corrected chi connectivity index (χ4v) is 10.9. The highest BCUT2D eigenvalue weighted by atomic mass is 16.3. The number of fused-ring (bicyclic) bond motifs is 16. The van der Waals surface area contributed by atoms with Crippen LogP contribution in [0.3, 0.4) is 0 Å². The quantitative estimate of drug-likeness (QED) is 0.161. The summed E-state index contributed by atoms with van der Waals surface area (Å²) in [5.41, 5.74) is 11.5. The summed E-state index contributed by atoms with van der Waals surface area (Å²) in [6.45, 7) is 0. The molecule has 4 aromatic heterocycles. The molecule has 0 bridgehead atoms. The molecular weight excluding hydrogens is 845 g/mol. The van der Waals surface area contributed by atoms with Crippen molar-refractivity contribution in [2.24, 2.45) is 0 Å². The van der Waals surface area contributed by atoms with Crippen LogP contribution in [0.2, 0.25) is 0 Å². The molecule has 4 heterocycles. The zero-order valence-corrected chi connectivity index (χ0v) is 36.9. The van der Waals surface area contributed by atoms with Crippen molar-refractivity contribution < 1.29 is 8.83 Å². The number of furan rings is 2. The third-order valence-electron chi connectivity index (χ3n) is 14.0. The van der Waals surface area contributed by atoms with Crippen molar-refractivity contribution in [1.29, 1.82) is 0 Å². The van der Waals surface area contributed by atoms with Crippen LogP contribution in [-0.2, 0) is 0 Å². The van der Waals surface area contributed by atoms with Crippen molar-refractivity contribution in [1.82, 2.24) is 19.5 Å². The zero-order chi connectivity index (χ0) is 45.2. The number of rotatable bonds is 5. The molecule has 0 radical (unpaired) electrons. The van der Waals surface area contributed by atoms with Crippen LogP contribution in [0, 0.1) is 0 Å². The van der Waals surface area contributed by atoms with E-state index in [-0.39, 0.29) is 0 Å². The van der Waals surface area contributed by atoms with E-state index >= 15 is 0 Å². The van der Waals surface area contributed by atoms with Crippen LogP contribution < -0.4 is 0 Å². The molecular formula is C63H36N4O2. The zero-order valence-electron chi connectivity index (χ0n) is 36.9. The molecule has 0 atom stereocenters. The van der Waals surface area contributed by atoms with Gasteiger partial charge >= 0.3 is 0 Å². The summed E-state index contributed by atoms with van der Waals surface area (Å²) in [4.78, 5) is 15.6. The van der Waals surface area contributed by atoms with Crippen LogP contribution in [0.4, 0.5) is 0 Å². The number of aromatic nitrogens is 4. The molecule has 0 spiro atoms. The van der Waals surface area contributed by atoms with E-state index in [2.05, 4.69) is 168 Å². The van der Waals surface area contributed by atoms with E-state index in [0.29, 0.717) is 17.5 Å². The fourth-order valence-electron chi connectivity index (χ4n) is 10.9. The molecule has 0 unspecified atom stereocenters. The Morgan fingerprint density at radius 2 is 0.870 bits per heavy atom. The summed E-state index contributed by atoms with van der Waals surface area (Å²) in [5.74, 6) is 1.74. The number of benzene rings is 11. The Balaban J connectivity index is 0.998. The average molecular weight is 881 g/mol. The Morgan fingerprint density at radius 3 is 1.71 bits per heavy atom. The van der Waals surface area contributed by atoms with Gasteiger partial charge in [-0.3, -0.25) is 0 Å². The Hall–Kier alpha value is -9.39. The van der Waals surface area contributed by atoms with Gasteiger partial charge in [0.25, 0.3) is 0 Å². The Labute approximate surface area is 394 Å². The number of hydrogen-bond donors (Lipinski definition) is 0. The van der Waals surface area contributed by atoms with Gasteiger partial charge in [-0.1, -0.05) is 170 Å². The summed E-state index contributed by atoms with van der Waals surface area (Å²) in [5, 5.41) is 13.9. The molecule has 6 nitrogen and oxygen atoms in total. The van der Waals surface area contributed by atoms with Crippen molar-refractivity contribution in [3.63, 3.8) is 0 Å². The first-order valence-corrected chi connectivity index (χ1v) is 23.3. The summed E-state index contributed by atoms with van der Waals surface area (Å²) in [6.07, 6.45) is 0. The molecule has 320 valence electrons. The van der Waals surface area contributed by atoms with Gasteiger partial charge < -0.3 is 13.4 Å². The minimum Gasteiger partial charge on any atom is -0.456 e. The second kappa shape index (κ2) is 14.6. The second-order valence-electron chi connectivity index (χ2n) is 17.9. The summed E-state index contributed by atoms with van der Waals surface area (Å²) >= 11 is 0. The van der Waals surface area contributed by atoms with Crippen molar-refractivity contribution in [3.05, 3.63) is 218 Å². The van der Waals surface area contributed by atoms with Crippen LogP contribution in [0.25, 0.3) is 149 Å². The highest BCUT2D eigenvalue weighted by Gasteiger charge is 2.23. The van der Waals surface area contributed by atoms with Crippen molar-refractivity contribution in [2.75, 3.05) is 0 Å². The van der Waals surface area contributed by atoms with E-state index in [1.165, 1.54) is 43.1 Å². The van der Waals surface area contributed by atoms with Gasteiger partial charge in [0.2, 0.25) is 0 Å². The number of nitrogens with zero attached hydrogens (tertiary/aromatic N) is 4. The molecule has 0 aliphatic carbocycles. The van der Waals surface area contributed by atoms with Crippen molar-refractivity contribution in [2.45, 2.75) is 0 Å². The van der Waals surface area contributed by atoms with E-state index in [0.717, 1.165) is 88.4 Å². The largest absolute Gasteiger partial charge is 0.456 e. The van der Waals surface area contributed by atoms with E-state index < -0.39 is 0 Å². The molecule has 0 aliphatic rings. The molecule has 11 aromatic carbocycles. The first-order chi connectivity index (χ1) is 34.2. The maximum Gasteiger partial charge on any atom is 0.164 e. The summed E-state index contributed by atoms with van der Waals surface area (Å²) < 4.78 is 15.3. The van der Waals surface area contributed by atoms with Crippen LogP contribution in [0.1, 0.15) is 0 Å². The maximum atomic E-state index is 6.51. The average Bonchev–Trinajstić information content (AvgIpc) is 4.11. The van der Waals surface area contributed by atoms with E-state index in [1.807, 2.05) is 54.6 Å². The molecule has 15 rings (SSSR count). The normalized spacial score (nSPS) is 12.1. The Kier molecular flexibility index (Phi) is 7.97. The van der Waals surface area contributed by atoms with E-state index in [1.54, 1.807) is 0 Å². The standard InChI is InChI=1S/C63H36N4O2/c1-2-15-38(16-3-1)61-64-62(66-63(65-61)41-28-31-48-47-22-10-11-27-53(47)69-56(48)36-41)40-17-12-18-42(34-40)67-59-44(39-30-32-54-52(35-39)57-43-19-5-4-14-37(43)29-33-55(57)68-54)25-13-26-51(59)58-49-23-8-6-20-45(49)46-21-7-9-24-50(46)60(58)67/h1-36H. The fraction of sp³-hybridized carbons (Fsp3) is 0. The molecule has 6 heteroatoms. The minimum atomic E-state index is 0.568. The molecule has 0 saturated heterocycles. The van der Waals surface area contributed by atoms with Gasteiger partial charge in [-0.05, 0) is 81.0 Å². The van der Waals surface area contributed by atoms with Crippen molar-refractivity contribution >= 4 is 98.0 Å². The third kappa shape index (κ3) is 5.69. The number of hydrogen-bond acceptors (Lipinski definition) is 5. The van der Waals surface area contributed by atoms with Gasteiger partial charge in [0.05, 0.1) is 11.0 Å². The van der Waals surface area contributed by atoms with Crippen molar-refractivity contribution in [3.8, 4) is 51.0 Å². The van der Waals surface area contributed by atoms with Crippen LogP contribution in [-0.4, -0.2) is 19.5 Å². The Bertz CT molecular complexity index is 4620. The molecule has 69 heavy (non-hydrogen) atoms. The van der Waals surface area contributed by atoms with Gasteiger partial charge in [-0.2, -0.15) is 0 Å². The van der Waals surface area contributed by atoms with Gasteiger partial charge in [0, 0.05) is 65.6 Å². The maximum absolute atomic E-state index is 6.51. The topological polar surface area (TPSA) is 69.9 Å². The van der Waals surface area contributed by atoms with Crippen LogP contribution in [0.15, 0.2) is 227 Å².